The van der Waals surface area contributed by atoms with E-state index in [1.54, 1.807) is 18.7 Å². The minimum atomic E-state index is -4.71. The Hall–Kier alpha value is -0.430. The first-order valence-electron chi connectivity index (χ1n) is 4.92. The fourth-order valence-corrected chi connectivity index (χ4v) is 2.46. The SMILES string of the molecule is CC1CSCCN1C(=O)C(C)(N)C(F)(F)F. The molecule has 1 amide bonds. The number of nitrogens with two attached hydrogens (primary N) is 1. The van der Waals surface area contributed by atoms with Crippen LogP contribution in [-0.2, 0) is 4.79 Å². The van der Waals surface area contributed by atoms with E-state index >= 15 is 0 Å². The number of nitrogens with zero attached hydrogens (tertiary/aromatic N) is 1. The van der Waals surface area contributed by atoms with Gasteiger partial charge in [-0.25, -0.2) is 0 Å². The lowest BCUT2D eigenvalue weighted by molar-refractivity contribution is -0.194. The number of alkyl halides is 3. The lowest BCUT2D eigenvalue weighted by Crippen LogP contribution is -2.64. The number of hydrogen-bond donors (Lipinski definition) is 1. The molecule has 16 heavy (non-hydrogen) atoms. The van der Waals surface area contributed by atoms with Gasteiger partial charge in [0.15, 0.2) is 5.54 Å². The van der Waals surface area contributed by atoms with Crippen LogP contribution in [0, 0.1) is 0 Å². The van der Waals surface area contributed by atoms with Gasteiger partial charge in [-0.3, -0.25) is 4.79 Å². The first-order chi connectivity index (χ1) is 7.18. The molecule has 2 N–H and O–H groups in total. The maximum atomic E-state index is 12.6. The molecule has 3 nitrogen and oxygen atoms in total. The third-order valence-corrected chi connectivity index (χ3v) is 3.85. The van der Waals surface area contributed by atoms with Gasteiger partial charge in [0.25, 0.3) is 5.91 Å². The summed E-state index contributed by atoms with van der Waals surface area (Å²) in [4.78, 5) is 13.0. The quantitative estimate of drug-likeness (QED) is 0.767. The Morgan fingerprint density at radius 1 is 1.50 bits per heavy atom. The predicted molar refractivity (Wildman–Crippen MR) is 57.1 cm³/mol. The standard InChI is InChI=1S/C9H15F3N2OS/c1-6-5-16-4-3-14(6)7(15)8(2,13)9(10,11)12/h6H,3-5,13H2,1-2H3. The summed E-state index contributed by atoms with van der Waals surface area (Å²) in [5, 5.41) is 0. The average molecular weight is 256 g/mol. The van der Waals surface area contributed by atoms with E-state index in [-0.39, 0.29) is 6.04 Å². The van der Waals surface area contributed by atoms with Crippen molar-refractivity contribution in [2.45, 2.75) is 31.6 Å². The molecule has 0 aromatic rings. The topological polar surface area (TPSA) is 46.3 Å². The van der Waals surface area contributed by atoms with Crippen LogP contribution in [0.25, 0.3) is 0 Å². The van der Waals surface area contributed by atoms with Gasteiger partial charge in [0.2, 0.25) is 0 Å². The molecule has 0 aromatic heterocycles. The lowest BCUT2D eigenvalue weighted by Gasteiger charge is -2.38. The molecule has 2 unspecified atom stereocenters. The second kappa shape index (κ2) is 4.44. The Morgan fingerprint density at radius 2 is 2.06 bits per heavy atom. The van der Waals surface area contributed by atoms with E-state index in [1.165, 1.54) is 4.90 Å². The smallest absolute Gasteiger partial charge is 0.336 e. The van der Waals surface area contributed by atoms with Gasteiger partial charge in [-0.05, 0) is 13.8 Å². The van der Waals surface area contributed by atoms with Crippen molar-refractivity contribution in [1.82, 2.24) is 4.90 Å². The van der Waals surface area contributed by atoms with Crippen molar-refractivity contribution in [3.8, 4) is 0 Å². The van der Waals surface area contributed by atoms with E-state index in [4.69, 9.17) is 5.73 Å². The zero-order valence-corrected chi connectivity index (χ0v) is 9.99. The third kappa shape index (κ3) is 2.45. The van der Waals surface area contributed by atoms with Crippen LogP contribution in [0.4, 0.5) is 13.2 Å². The molecule has 0 saturated carbocycles. The molecule has 0 spiro atoms. The molecule has 1 aliphatic heterocycles. The largest absolute Gasteiger partial charge is 0.415 e. The molecule has 0 radical (unpaired) electrons. The summed E-state index contributed by atoms with van der Waals surface area (Å²) in [5.74, 6) is 0.275. The zero-order chi connectivity index (χ0) is 12.6. The number of halogens is 3. The van der Waals surface area contributed by atoms with Gasteiger partial charge in [0.05, 0.1) is 0 Å². The molecule has 1 saturated heterocycles. The molecule has 0 bridgehead atoms. The predicted octanol–water partition coefficient (Wildman–Crippen LogP) is 1.23. The van der Waals surface area contributed by atoms with Gasteiger partial charge in [-0.2, -0.15) is 24.9 Å². The number of rotatable bonds is 1. The summed E-state index contributed by atoms with van der Waals surface area (Å²) < 4.78 is 37.8. The van der Waals surface area contributed by atoms with Gasteiger partial charge < -0.3 is 10.6 Å². The van der Waals surface area contributed by atoms with E-state index in [1.807, 2.05) is 0 Å². The van der Waals surface area contributed by atoms with Crippen LogP contribution in [0.2, 0.25) is 0 Å². The highest BCUT2D eigenvalue weighted by Crippen LogP contribution is 2.31. The summed E-state index contributed by atoms with van der Waals surface area (Å²) in [7, 11) is 0. The van der Waals surface area contributed by atoms with Gasteiger partial charge in [-0.15, -0.1) is 0 Å². The van der Waals surface area contributed by atoms with Gasteiger partial charge >= 0.3 is 6.18 Å². The highest BCUT2D eigenvalue weighted by molar-refractivity contribution is 7.99. The van der Waals surface area contributed by atoms with Crippen molar-refractivity contribution in [2.24, 2.45) is 5.73 Å². The maximum Gasteiger partial charge on any atom is 0.415 e. The lowest BCUT2D eigenvalue weighted by atomic mass is 10.0. The molecule has 0 aromatic carbocycles. The second-order valence-electron chi connectivity index (χ2n) is 4.12. The van der Waals surface area contributed by atoms with E-state index in [2.05, 4.69) is 0 Å². The third-order valence-electron chi connectivity index (χ3n) is 2.66. The van der Waals surface area contributed by atoms with Crippen LogP contribution >= 0.6 is 11.8 Å². The Bertz CT molecular complexity index is 280. The van der Waals surface area contributed by atoms with E-state index < -0.39 is 17.6 Å². The molecule has 94 valence electrons. The molecular formula is C9H15F3N2OS. The minimum Gasteiger partial charge on any atom is -0.336 e. The molecule has 1 rings (SSSR count). The summed E-state index contributed by atoms with van der Waals surface area (Å²) in [6.45, 7) is 2.79. The molecule has 2 atom stereocenters. The molecule has 1 aliphatic rings. The molecular weight excluding hydrogens is 241 g/mol. The van der Waals surface area contributed by atoms with E-state index in [0.717, 1.165) is 6.92 Å². The van der Waals surface area contributed by atoms with E-state index in [0.29, 0.717) is 18.1 Å². The highest BCUT2D eigenvalue weighted by Gasteiger charge is 2.55. The van der Waals surface area contributed by atoms with Crippen molar-refractivity contribution in [2.75, 3.05) is 18.1 Å². The zero-order valence-electron chi connectivity index (χ0n) is 9.17. The molecule has 7 heteroatoms. The van der Waals surface area contributed by atoms with Crippen molar-refractivity contribution in [3.63, 3.8) is 0 Å². The van der Waals surface area contributed by atoms with Crippen molar-refractivity contribution < 1.29 is 18.0 Å². The van der Waals surface area contributed by atoms with Crippen LogP contribution in [0.15, 0.2) is 0 Å². The molecule has 1 heterocycles. The first kappa shape index (κ1) is 13.6. The Kier molecular flexibility index (Phi) is 3.79. The summed E-state index contributed by atoms with van der Waals surface area (Å²) in [5.41, 5.74) is 2.32. The van der Waals surface area contributed by atoms with Gasteiger partial charge in [0.1, 0.15) is 0 Å². The van der Waals surface area contributed by atoms with Crippen LogP contribution in [-0.4, -0.2) is 46.6 Å². The van der Waals surface area contributed by atoms with Crippen LogP contribution < -0.4 is 5.73 Å². The first-order valence-corrected chi connectivity index (χ1v) is 6.08. The summed E-state index contributed by atoms with van der Waals surface area (Å²) in [6, 6.07) is -0.198. The van der Waals surface area contributed by atoms with Gasteiger partial charge in [-0.1, -0.05) is 0 Å². The average Bonchev–Trinajstić information content (AvgIpc) is 2.15. The van der Waals surface area contributed by atoms with Crippen molar-refractivity contribution in [3.05, 3.63) is 0 Å². The fraction of sp³-hybridized carbons (Fsp3) is 0.889. The number of carbonyl (C=O) groups excluding carboxylic acids is 1. The minimum absolute atomic E-state index is 0.198. The number of amides is 1. The van der Waals surface area contributed by atoms with Crippen molar-refractivity contribution >= 4 is 17.7 Å². The fourth-order valence-electron chi connectivity index (χ4n) is 1.45. The van der Waals surface area contributed by atoms with Crippen LogP contribution in [0.3, 0.4) is 0 Å². The Balaban J connectivity index is 2.84. The summed E-state index contributed by atoms with van der Waals surface area (Å²) >= 11 is 1.63. The van der Waals surface area contributed by atoms with E-state index in [9.17, 15) is 18.0 Å². The number of thioether (sulfide) groups is 1. The van der Waals surface area contributed by atoms with Crippen molar-refractivity contribution in [1.29, 1.82) is 0 Å². The number of hydrogen-bond acceptors (Lipinski definition) is 3. The highest BCUT2D eigenvalue weighted by atomic mass is 32.2. The Morgan fingerprint density at radius 3 is 2.50 bits per heavy atom. The Labute approximate surface area is 96.5 Å². The van der Waals surface area contributed by atoms with Crippen LogP contribution in [0.1, 0.15) is 13.8 Å². The summed E-state index contributed by atoms with van der Waals surface area (Å²) in [6.07, 6.45) is -4.71. The second-order valence-corrected chi connectivity index (χ2v) is 5.27. The van der Waals surface area contributed by atoms with Gasteiger partial charge in [0, 0.05) is 24.1 Å². The monoisotopic (exact) mass is 256 g/mol. The number of carbonyl (C=O) groups is 1. The molecule has 0 aliphatic carbocycles. The van der Waals surface area contributed by atoms with Crippen LogP contribution in [0.5, 0.6) is 0 Å². The normalized spacial score (nSPS) is 26.4. The maximum absolute atomic E-state index is 12.6. The molecule has 1 fully saturated rings.